The van der Waals surface area contributed by atoms with Crippen LogP contribution in [0.4, 0.5) is 0 Å². The quantitative estimate of drug-likeness (QED) is 0.741. The molecule has 0 aromatic heterocycles. The predicted octanol–water partition coefficient (Wildman–Crippen LogP) is 1.80. The third-order valence-electron chi connectivity index (χ3n) is 2.06. The first-order chi connectivity index (χ1) is 5.96. The minimum absolute atomic E-state index is 0.00634. The first kappa shape index (κ1) is 10.2. The lowest BCUT2D eigenvalue weighted by Gasteiger charge is -2.06. The smallest absolute Gasteiger partial charge is 0.282 e. The highest BCUT2D eigenvalue weighted by Gasteiger charge is 2.13. The van der Waals surface area contributed by atoms with Gasteiger partial charge in [0.25, 0.3) is 10.1 Å². The van der Waals surface area contributed by atoms with Gasteiger partial charge in [-0.3, -0.25) is 4.55 Å². The molecule has 0 saturated heterocycles. The zero-order valence-corrected chi connectivity index (χ0v) is 8.43. The highest BCUT2D eigenvalue weighted by Crippen LogP contribution is 2.18. The van der Waals surface area contributed by atoms with Crippen molar-refractivity contribution < 1.29 is 13.0 Å². The minimum Gasteiger partial charge on any atom is -0.282 e. The van der Waals surface area contributed by atoms with Crippen LogP contribution in [0.3, 0.4) is 0 Å². The van der Waals surface area contributed by atoms with Crippen LogP contribution in [0.2, 0.25) is 0 Å². The van der Waals surface area contributed by atoms with Crippen LogP contribution in [0.1, 0.15) is 18.1 Å². The lowest BCUT2D eigenvalue weighted by atomic mass is 10.1. The Morgan fingerprint density at radius 1 is 1.38 bits per heavy atom. The summed E-state index contributed by atoms with van der Waals surface area (Å²) in [5.74, 6) is 0. The molecule has 13 heavy (non-hydrogen) atoms. The summed E-state index contributed by atoms with van der Waals surface area (Å²) in [4.78, 5) is 0.00634. The van der Waals surface area contributed by atoms with Crippen LogP contribution in [0.15, 0.2) is 23.1 Å². The van der Waals surface area contributed by atoms with Gasteiger partial charge in [-0.2, -0.15) is 8.42 Å². The molecular weight excluding hydrogens is 188 g/mol. The Labute approximate surface area is 78.2 Å². The molecule has 3 nitrogen and oxygen atoms in total. The standard InChI is InChI=1S/C9H12O3S/c1-3-8-5-4-6-9(7(8)2)13(10,11)12/h4-6H,3H2,1-2H3,(H,10,11,12). The molecule has 0 fully saturated rings. The maximum atomic E-state index is 10.9. The van der Waals surface area contributed by atoms with Crippen LogP contribution >= 0.6 is 0 Å². The SMILES string of the molecule is CCc1cccc(S(=O)(=O)O)c1C. The van der Waals surface area contributed by atoms with E-state index >= 15 is 0 Å². The first-order valence-electron chi connectivity index (χ1n) is 4.02. The number of hydrogen-bond donors (Lipinski definition) is 1. The molecule has 72 valence electrons. The molecule has 1 aromatic rings. The van der Waals surface area contributed by atoms with Crippen molar-refractivity contribution in [2.24, 2.45) is 0 Å². The molecule has 0 saturated carbocycles. The maximum Gasteiger partial charge on any atom is 0.294 e. The molecule has 0 amide bonds. The van der Waals surface area contributed by atoms with E-state index in [4.69, 9.17) is 4.55 Å². The van der Waals surface area contributed by atoms with Crippen LogP contribution < -0.4 is 0 Å². The predicted molar refractivity (Wildman–Crippen MR) is 50.4 cm³/mol. The number of benzene rings is 1. The van der Waals surface area contributed by atoms with Crippen molar-refractivity contribution >= 4 is 10.1 Å². The lowest BCUT2D eigenvalue weighted by molar-refractivity contribution is 0.482. The molecule has 0 heterocycles. The fourth-order valence-corrected chi connectivity index (χ4v) is 2.09. The minimum atomic E-state index is -4.07. The van der Waals surface area contributed by atoms with Gasteiger partial charge in [0.1, 0.15) is 0 Å². The van der Waals surface area contributed by atoms with Crippen molar-refractivity contribution in [3.05, 3.63) is 29.3 Å². The van der Waals surface area contributed by atoms with E-state index in [2.05, 4.69) is 0 Å². The highest BCUT2D eigenvalue weighted by molar-refractivity contribution is 7.85. The molecule has 1 N–H and O–H groups in total. The van der Waals surface area contributed by atoms with E-state index in [0.717, 1.165) is 12.0 Å². The summed E-state index contributed by atoms with van der Waals surface area (Å²) in [7, 11) is -4.07. The summed E-state index contributed by atoms with van der Waals surface area (Å²) >= 11 is 0. The van der Waals surface area contributed by atoms with Gasteiger partial charge in [0, 0.05) is 0 Å². The summed E-state index contributed by atoms with van der Waals surface area (Å²) < 4.78 is 30.6. The second-order valence-corrected chi connectivity index (χ2v) is 4.26. The molecule has 0 atom stereocenters. The van der Waals surface area contributed by atoms with Crippen molar-refractivity contribution in [1.29, 1.82) is 0 Å². The Bertz CT molecular complexity index is 407. The largest absolute Gasteiger partial charge is 0.294 e. The Balaban J connectivity index is 3.41. The van der Waals surface area contributed by atoms with Crippen molar-refractivity contribution in [2.75, 3.05) is 0 Å². The average Bonchev–Trinajstić information content (AvgIpc) is 2.02. The fraction of sp³-hybridized carbons (Fsp3) is 0.333. The molecule has 0 radical (unpaired) electrons. The van der Waals surface area contributed by atoms with E-state index < -0.39 is 10.1 Å². The van der Waals surface area contributed by atoms with Gasteiger partial charge in [-0.05, 0) is 30.5 Å². The zero-order chi connectivity index (χ0) is 10.1. The van der Waals surface area contributed by atoms with Gasteiger partial charge in [-0.25, -0.2) is 0 Å². The monoisotopic (exact) mass is 200 g/mol. The molecule has 0 aliphatic carbocycles. The normalized spacial score (nSPS) is 11.6. The molecule has 1 rings (SSSR count). The second kappa shape index (κ2) is 3.47. The Morgan fingerprint density at radius 3 is 2.46 bits per heavy atom. The van der Waals surface area contributed by atoms with Crippen LogP contribution in [0, 0.1) is 6.92 Å². The van der Waals surface area contributed by atoms with Gasteiger partial charge in [0.05, 0.1) is 4.90 Å². The maximum absolute atomic E-state index is 10.9. The molecule has 4 heteroatoms. The molecule has 0 bridgehead atoms. The molecule has 1 aromatic carbocycles. The van der Waals surface area contributed by atoms with E-state index in [9.17, 15) is 8.42 Å². The van der Waals surface area contributed by atoms with Gasteiger partial charge >= 0.3 is 0 Å². The van der Waals surface area contributed by atoms with Crippen molar-refractivity contribution in [2.45, 2.75) is 25.2 Å². The number of aryl methyl sites for hydroxylation is 1. The summed E-state index contributed by atoms with van der Waals surface area (Å²) in [6.07, 6.45) is 0.759. The van der Waals surface area contributed by atoms with Crippen molar-refractivity contribution in [3.63, 3.8) is 0 Å². The van der Waals surface area contributed by atoms with Crippen molar-refractivity contribution in [3.8, 4) is 0 Å². The Kier molecular flexibility index (Phi) is 2.73. The topological polar surface area (TPSA) is 54.4 Å². The van der Waals surface area contributed by atoms with Crippen LogP contribution in [-0.4, -0.2) is 13.0 Å². The second-order valence-electron chi connectivity index (χ2n) is 2.87. The lowest BCUT2D eigenvalue weighted by Crippen LogP contribution is -2.02. The van der Waals surface area contributed by atoms with Crippen LogP contribution in [-0.2, 0) is 16.5 Å². The highest BCUT2D eigenvalue weighted by atomic mass is 32.2. The Hall–Kier alpha value is -0.870. The fourth-order valence-electron chi connectivity index (χ4n) is 1.32. The zero-order valence-electron chi connectivity index (χ0n) is 7.61. The third kappa shape index (κ3) is 2.08. The van der Waals surface area contributed by atoms with E-state index in [1.165, 1.54) is 6.07 Å². The van der Waals surface area contributed by atoms with E-state index in [-0.39, 0.29) is 4.90 Å². The van der Waals surface area contributed by atoms with Gasteiger partial charge in [-0.15, -0.1) is 0 Å². The van der Waals surface area contributed by atoms with Gasteiger partial charge in [0.15, 0.2) is 0 Å². The summed E-state index contributed by atoms with van der Waals surface area (Å²) in [6, 6.07) is 4.89. The van der Waals surface area contributed by atoms with Gasteiger partial charge < -0.3 is 0 Å². The molecule has 0 aliphatic rings. The van der Waals surface area contributed by atoms with Crippen LogP contribution in [0.25, 0.3) is 0 Å². The van der Waals surface area contributed by atoms with Gasteiger partial charge in [0.2, 0.25) is 0 Å². The molecule has 0 spiro atoms. The van der Waals surface area contributed by atoms with E-state index in [1.54, 1.807) is 13.0 Å². The van der Waals surface area contributed by atoms with E-state index in [0.29, 0.717) is 5.56 Å². The number of rotatable bonds is 2. The molecular formula is C9H12O3S. The number of hydrogen-bond acceptors (Lipinski definition) is 2. The first-order valence-corrected chi connectivity index (χ1v) is 5.46. The summed E-state index contributed by atoms with van der Waals surface area (Å²) in [5, 5.41) is 0. The van der Waals surface area contributed by atoms with Gasteiger partial charge in [-0.1, -0.05) is 19.1 Å². The van der Waals surface area contributed by atoms with Crippen molar-refractivity contribution in [1.82, 2.24) is 0 Å². The Morgan fingerprint density at radius 2 is 2.00 bits per heavy atom. The van der Waals surface area contributed by atoms with E-state index in [1.807, 2.05) is 13.0 Å². The third-order valence-corrected chi connectivity index (χ3v) is 3.05. The molecule has 0 unspecified atom stereocenters. The van der Waals surface area contributed by atoms with Crippen LogP contribution in [0.5, 0.6) is 0 Å². The summed E-state index contributed by atoms with van der Waals surface area (Å²) in [5.41, 5.74) is 1.57. The summed E-state index contributed by atoms with van der Waals surface area (Å²) in [6.45, 7) is 3.64. The molecule has 0 aliphatic heterocycles. The average molecular weight is 200 g/mol.